The van der Waals surface area contributed by atoms with Crippen LogP contribution in [-0.2, 0) is 6.61 Å². The highest BCUT2D eigenvalue weighted by Crippen LogP contribution is 2.25. The number of rotatable bonds is 5. The summed E-state index contributed by atoms with van der Waals surface area (Å²) in [7, 11) is 0. The Bertz CT molecular complexity index is 1020. The molecule has 5 heteroatoms. The second-order valence-electron chi connectivity index (χ2n) is 5.77. The Labute approximate surface area is 183 Å². The van der Waals surface area contributed by atoms with Crippen molar-refractivity contribution in [2.45, 2.75) is 6.61 Å². The topological polar surface area (TPSA) is 33.0 Å². The van der Waals surface area contributed by atoms with E-state index in [0.717, 1.165) is 35.9 Å². The fourth-order valence-corrected chi connectivity index (χ4v) is 4.02. The second kappa shape index (κ2) is 9.36. The molecule has 0 amide bonds. The summed E-state index contributed by atoms with van der Waals surface area (Å²) in [5.74, 6) is 0.780. The summed E-state index contributed by atoms with van der Waals surface area (Å²) in [6.45, 7) is 0.477. The van der Waals surface area contributed by atoms with Crippen molar-refractivity contribution < 1.29 is 4.74 Å². The maximum absolute atomic E-state index is 9.48. The van der Waals surface area contributed by atoms with Gasteiger partial charge in [0.15, 0.2) is 0 Å². The zero-order chi connectivity index (χ0) is 19.2. The van der Waals surface area contributed by atoms with Gasteiger partial charge in [-0.3, -0.25) is 0 Å². The van der Waals surface area contributed by atoms with Crippen LogP contribution in [0.15, 0.2) is 80.1 Å². The smallest absolute Gasteiger partial charge is 0.119 e. The van der Waals surface area contributed by atoms with E-state index < -0.39 is 0 Å². The molecular formula is C22H14Br3NO. The van der Waals surface area contributed by atoms with Crippen LogP contribution in [0.2, 0.25) is 0 Å². The first-order valence-electron chi connectivity index (χ1n) is 8.10. The minimum atomic E-state index is 0.477. The third-order valence-electron chi connectivity index (χ3n) is 3.86. The van der Waals surface area contributed by atoms with Crippen LogP contribution in [0.5, 0.6) is 5.75 Å². The number of benzene rings is 3. The van der Waals surface area contributed by atoms with E-state index in [9.17, 15) is 5.26 Å². The van der Waals surface area contributed by atoms with Crippen LogP contribution in [-0.4, -0.2) is 0 Å². The zero-order valence-electron chi connectivity index (χ0n) is 14.1. The lowest BCUT2D eigenvalue weighted by molar-refractivity contribution is 0.305. The van der Waals surface area contributed by atoms with Crippen LogP contribution >= 0.6 is 47.8 Å². The summed E-state index contributed by atoms with van der Waals surface area (Å²) >= 11 is 10.4. The molecular weight excluding hydrogens is 534 g/mol. The monoisotopic (exact) mass is 545 g/mol. The van der Waals surface area contributed by atoms with E-state index in [-0.39, 0.29) is 0 Å². The fourth-order valence-electron chi connectivity index (χ4n) is 2.46. The summed E-state index contributed by atoms with van der Waals surface area (Å²) in [5.41, 5.74) is 3.52. The van der Waals surface area contributed by atoms with Gasteiger partial charge in [-0.2, -0.15) is 5.26 Å². The molecule has 0 aromatic heterocycles. The van der Waals surface area contributed by atoms with Gasteiger partial charge in [-0.1, -0.05) is 78.1 Å². The molecule has 0 saturated heterocycles. The van der Waals surface area contributed by atoms with Gasteiger partial charge < -0.3 is 4.74 Å². The SMILES string of the molecule is N#C/C(=C/c1ccc(OCc2ccc(Br)cc2Br)cc1)c1cccc(Br)c1. The first kappa shape index (κ1) is 19.9. The normalized spacial score (nSPS) is 11.1. The second-order valence-corrected chi connectivity index (χ2v) is 8.46. The highest BCUT2D eigenvalue weighted by atomic mass is 79.9. The van der Waals surface area contributed by atoms with E-state index in [0.29, 0.717) is 12.2 Å². The Morgan fingerprint density at radius 2 is 1.67 bits per heavy atom. The van der Waals surface area contributed by atoms with E-state index in [2.05, 4.69) is 53.9 Å². The van der Waals surface area contributed by atoms with Crippen molar-refractivity contribution >= 4 is 59.4 Å². The summed E-state index contributed by atoms with van der Waals surface area (Å²) in [6, 6.07) is 23.7. The van der Waals surface area contributed by atoms with Gasteiger partial charge >= 0.3 is 0 Å². The molecule has 0 bridgehead atoms. The van der Waals surface area contributed by atoms with Crippen LogP contribution in [0.1, 0.15) is 16.7 Å². The Balaban J connectivity index is 1.72. The van der Waals surface area contributed by atoms with Gasteiger partial charge in [0.25, 0.3) is 0 Å². The molecule has 0 spiro atoms. The summed E-state index contributed by atoms with van der Waals surface area (Å²) in [5, 5.41) is 9.48. The average Bonchev–Trinajstić information content (AvgIpc) is 2.66. The molecule has 0 radical (unpaired) electrons. The van der Waals surface area contributed by atoms with Crippen LogP contribution in [0.4, 0.5) is 0 Å². The Hall–Kier alpha value is -1.87. The molecule has 0 heterocycles. The van der Waals surface area contributed by atoms with Crippen LogP contribution in [0, 0.1) is 11.3 Å². The quantitative estimate of drug-likeness (QED) is 0.243. The number of ether oxygens (including phenoxy) is 1. The van der Waals surface area contributed by atoms with Crippen molar-refractivity contribution in [2.75, 3.05) is 0 Å². The number of hydrogen-bond donors (Lipinski definition) is 0. The molecule has 3 rings (SSSR count). The van der Waals surface area contributed by atoms with Gasteiger partial charge in [0, 0.05) is 19.0 Å². The lowest BCUT2D eigenvalue weighted by Crippen LogP contribution is -1.96. The highest BCUT2D eigenvalue weighted by molar-refractivity contribution is 9.11. The third kappa shape index (κ3) is 5.55. The molecule has 134 valence electrons. The van der Waals surface area contributed by atoms with Crippen molar-refractivity contribution in [1.29, 1.82) is 5.26 Å². The van der Waals surface area contributed by atoms with Gasteiger partial charge in [0.05, 0.1) is 11.6 Å². The molecule has 27 heavy (non-hydrogen) atoms. The van der Waals surface area contributed by atoms with Gasteiger partial charge in [-0.25, -0.2) is 0 Å². The van der Waals surface area contributed by atoms with Crippen molar-refractivity contribution in [3.63, 3.8) is 0 Å². The first-order chi connectivity index (χ1) is 13.0. The number of nitriles is 1. The lowest BCUT2D eigenvalue weighted by atomic mass is 10.0. The van der Waals surface area contributed by atoms with Gasteiger partial charge in [0.1, 0.15) is 12.4 Å². The van der Waals surface area contributed by atoms with Crippen molar-refractivity contribution in [1.82, 2.24) is 0 Å². The van der Waals surface area contributed by atoms with E-state index in [4.69, 9.17) is 4.74 Å². The first-order valence-corrected chi connectivity index (χ1v) is 10.5. The van der Waals surface area contributed by atoms with Crippen LogP contribution < -0.4 is 4.74 Å². The predicted octanol–water partition coefficient (Wildman–Crippen LogP) is 7.62. The molecule has 0 aliphatic carbocycles. The molecule has 0 fully saturated rings. The van der Waals surface area contributed by atoms with Crippen LogP contribution in [0.25, 0.3) is 11.6 Å². The van der Waals surface area contributed by atoms with Crippen molar-refractivity contribution in [2.24, 2.45) is 0 Å². The van der Waals surface area contributed by atoms with E-state index in [1.54, 1.807) is 0 Å². The third-order valence-corrected chi connectivity index (χ3v) is 5.58. The molecule has 0 atom stereocenters. The summed E-state index contributed by atoms with van der Waals surface area (Å²) in [4.78, 5) is 0. The lowest BCUT2D eigenvalue weighted by Gasteiger charge is -2.09. The van der Waals surface area contributed by atoms with Crippen molar-refractivity contribution in [3.05, 3.63) is 96.8 Å². The molecule has 3 aromatic carbocycles. The van der Waals surface area contributed by atoms with E-state index in [1.807, 2.05) is 72.8 Å². The highest BCUT2D eigenvalue weighted by Gasteiger charge is 2.04. The fraction of sp³-hybridized carbons (Fsp3) is 0.0455. The largest absolute Gasteiger partial charge is 0.489 e. The zero-order valence-corrected chi connectivity index (χ0v) is 18.9. The molecule has 0 saturated carbocycles. The maximum atomic E-state index is 9.48. The average molecular weight is 548 g/mol. The van der Waals surface area contributed by atoms with Gasteiger partial charge in [0.2, 0.25) is 0 Å². The maximum Gasteiger partial charge on any atom is 0.119 e. The molecule has 0 N–H and O–H groups in total. The number of halogens is 3. The summed E-state index contributed by atoms with van der Waals surface area (Å²) in [6.07, 6.45) is 1.87. The Morgan fingerprint density at radius 1 is 0.926 bits per heavy atom. The minimum absolute atomic E-state index is 0.477. The van der Waals surface area contributed by atoms with E-state index in [1.165, 1.54) is 0 Å². The number of allylic oxidation sites excluding steroid dienone is 1. The Kier molecular flexibility index (Phi) is 6.89. The molecule has 0 aliphatic rings. The minimum Gasteiger partial charge on any atom is -0.489 e. The molecule has 0 aliphatic heterocycles. The molecule has 2 nitrogen and oxygen atoms in total. The van der Waals surface area contributed by atoms with Crippen molar-refractivity contribution in [3.8, 4) is 11.8 Å². The van der Waals surface area contributed by atoms with Gasteiger partial charge in [-0.15, -0.1) is 0 Å². The van der Waals surface area contributed by atoms with E-state index >= 15 is 0 Å². The Morgan fingerprint density at radius 3 is 2.33 bits per heavy atom. The standard InChI is InChI=1S/C22H14Br3NO/c23-19-3-1-2-16(11-19)18(13-26)10-15-4-8-21(9-5-15)27-14-17-6-7-20(24)12-22(17)25/h1-12H,14H2/b18-10-. The van der Waals surface area contributed by atoms with Gasteiger partial charge in [-0.05, 0) is 53.6 Å². The molecule has 3 aromatic rings. The predicted molar refractivity (Wildman–Crippen MR) is 120 cm³/mol. The van der Waals surface area contributed by atoms with Crippen LogP contribution in [0.3, 0.4) is 0 Å². The number of hydrogen-bond acceptors (Lipinski definition) is 2. The number of nitrogens with zero attached hydrogens (tertiary/aromatic N) is 1. The molecule has 0 unspecified atom stereocenters. The summed E-state index contributed by atoms with van der Waals surface area (Å²) < 4.78 is 8.84.